The standard InChI is InChI=1S/C22H19FN6O3/c23-15-3-1-2-13(9-24)20(15)16-8-18(21-17(26-16)10-25-22(21)31)29-5-4-19(27-29)28-6-7-32-12-14(30)11-28/h1-5,8,14,30H,6-7,10-12H2,(H,25,31)/t14-/m0/s1. The van der Waals surface area contributed by atoms with Crippen LogP contribution in [0.15, 0.2) is 36.5 Å². The maximum Gasteiger partial charge on any atom is 0.255 e. The number of aliphatic hydroxyl groups excluding tert-OH is 1. The molecule has 2 aliphatic rings. The molecule has 1 amide bonds. The summed E-state index contributed by atoms with van der Waals surface area (Å²) in [5.74, 6) is -0.248. The largest absolute Gasteiger partial charge is 0.389 e. The molecule has 1 saturated heterocycles. The van der Waals surface area contributed by atoms with Crippen LogP contribution >= 0.6 is 0 Å². The van der Waals surface area contributed by atoms with Gasteiger partial charge in [0.25, 0.3) is 5.91 Å². The molecule has 10 heteroatoms. The molecule has 0 bridgehead atoms. The van der Waals surface area contributed by atoms with Gasteiger partial charge in [0.2, 0.25) is 0 Å². The number of nitriles is 1. The lowest BCUT2D eigenvalue weighted by molar-refractivity contribution is 0.0597. The van der Waals surface area contributed by atoms with Crippen LogP contribution < -0.4 is 10.2 Å². The van der Waals surface area contributed by atoms with Crippen molar-refractivity contribution in [3.05, 3.63) is 59.2 Å². The Morgan fingerprint density at radius 1 is 1.31 bits per heavy atom. The van der Waals surface area contributed by atoms with E-state index in [1.165, 1.54) is 22.9 Å². The smallest absolute Gasteiger partial charge is 0.255 e. The Balaban J connectivity index is 1.62. The highest BCUT2D eigenvalue weighted by Gasteiger charge is 2.28. The van der Waals surface area contributed by atoms with Crippen molar-refractivity contribution in [3.63, 3.8) is 0 Å². The lowest BCUT2D eigenvalue weighted by Gasteiger charge is -2.20. The highest BCUT2D eigenvalue weighted by molar-refractivity contribution is 6.01. The van der Waals surface area contributed by atoms with E-state index in [0.717, 1.165) is 0 Å². The van der Waals surface area contributed by atoms with E-state index in [1.54, 1.807) is 18.3 Å². The number of hydrogen-bond acceptors (Lipinski definition) is 7. The van der Waals surface area contributed by atoms with Crippen LogP contribution in [0, 0.1) is 17.1 Å². The van der Waals surface area contributed by atoms with Crippen LogP contribution in [0.4, 0.5) is 10.2 Å². The molecule has 5 rings (SSSR count). The van der Waals surface area contributed by atoms with E-state index in [2.05, 4.69) is 15.4 Å². The average molecular weight is 434 g/mol. The number of halogens is 1. The Kier molecular flexibility index (Phi) is 5.05. The quantitative estimate of drug-likeness (QED) is 0.640. The molecule has 1 aromatic carbocycles. The van der Waals surface area contributed by atoms with Crippen molar-refractivity contribution in [1.82, 2.24) is 20.1 Å². The third-order valence-electron chi connectivity index (χ3n) is 5.50. The maximum absolute atomic E-state index is 14.7. The number of nitrogens with zero attached hydrogens (tertiary/aromatic N) is 5. The summed E-state index contributed by atoms with van der Waals surface area (Å²) in [6.45, 7) is 1.87. The fourth-order valence-corrected chi connectivity index (χ4v) is 4.01. The van der Waals surface area contributed by atoms with Crippen molar-refractivity contribution in [2.75, 3.05) is 31.2 Å². The molecular weight excluding hydrogens is 415 g/mol. The topological polar surface area (TPSA) is 116 Å². The van der Waals surface area contributed by atoms with E-state index < -0.39 is 11.9 Å². The summed E-state index contributed by atoms with van der Waals surface area (Å²) >= 11 is 0. The first-order chi connectivity index (χ1) is 15.5. The van der Waals surface area contributed by atoms with Crippen LogP contribution in [-0.2, 0) is 11.3 Å². The number of amides is 1. The molecule has 4 heterocycles. The number of aromatic nitrogens is 3. The lowest BCUT2D eigenvalue weighted by Crippen LogP contribution is -2.33. The first-order valence-electron chi connectivity index (χ1n) is 10.1. The monoisotopic (exact) mass is 434 g/mol. The van der Waals surface area contributed by atoms with E-state index in [9.17, 15) is 19.6 Å². The maximum atomic E-state index is 14.7. The summed E-state index contributed by atoms with van der Waals surface area (Å²) < 4.78 is 21.6. The number of carbonyl (C=O) groups is 1. The minimum Gasteiger partial charge on any atom is -0.389 e. The number of ether oxygens (including phenoxy) is 1. The molecule has 3 aromatic rings. The first kappa shape index (κ1) is 20.1. The van der Waals surface area contributed by atoms with Gasteiger partial charge < -0.3 is 20.1 Å². The van der Waals surface area contributed by atoms with Crippen LogP contribution in [0.1, 0.15) is 21.6 Å². The number of hydrogen-bond donors (Lipinski definition) is 2. The minimum absolute atomic E-state index is 0.0820. The third-order valence-corrected chi connectivity index (χ3v) is 5.50. The van der Waals surface area contributed by atoms with Crippen molar-refractivity contribution in [1.29, 1.82) is 5.26 Å². The lowest BCUT2D eigenvalue weighted by atomic mass is 10.0. The van der Waals surface area contributed by atoms with E-state index in [4.69, 9.17) is 4.74 Å². The fraction of sp³-hybridized carbons (Fsp3) is 0.273. The predicted molar refractivity (Wildman–Crippen MR) is 112 cm³/mol. The Bertz CT molecular complexity index is 1250. The summed E-state index contributed by atoms with van der Waals surface area (Å²) in [6, 6.07) is 9.61. The summed E-state index contributed by atoms with van der Waals surface area (Å²) in [4.78, 5) is 18.9. The molecule has 2 aliphatic heterocycles. The Morgan fingerprint density at radius 3 is 3.03 bits per heavy atom. The molecule has 1 atom stereocenters. The number of rotatable bonds is 3. The van der Waals surface area contributed by atoms with Crippen molar-refractivity contribution in [3.8, 4) is 23.0 Å². The highest BCUT2D eigenvalue weighted by atomic mass is 19.1. The van der Waals surface area contributed by atoms with Crippen LogP contribution in [0.25, 0.3) is 16.9 Å². The second-order valence-corrected chi connectivity index (χ2v) is 7.60. The molecule has 0 unspecified atom stereocenters. The van der Waals surface area contributed by atoms with E-state index in [1.807, 2.05) is 11.0 Å². The van der Waals surface area contributed by atoms with Crippen molar-refractivity contribution in [2.45, 2.75) is 12.6 Å². The minimum atomic E-state index is -0.629. The Labute approximate surface area is 182 Å². The zero-order valence-electron chi connectivity index (χ0n) is 17.0. The number of anilines is 1. The van der Waals surface area contributed by atoms with Gasteiger partial charge in [-0.15, -0.1) is 0 Å². The summed E-state index contributed by atoms with van der Waals surface area (Å²) in [7, 11) is 0. The van der Waals surface area contributed by atoms with Crippen LogP contribution in [0.3, 0.4) is 0 Å². The first-order valence-corrected chi connectivity index (χ1v) is 10.1. The number of β-amino-alcohol motifs (C(OH)–C–C–N with tert-alkyl or cyclic N) is 1. The molecule has 0 saturated carbocycles. The van der Waals surface area contributed by atoms with Gasteiger partial charge in [-0.25, -0.2) is 14.1 Å². The average Bonchev–Trinajstić information content (AvgIpc) is 3.36. The number of pyridine rings is 1. The van der Waals surface area contributed by atoms with Gasteiger partial charge in [-0.05, 0) is 18.2 Å². The van der Waals surface area contributed by atoms with Crippen molar-refractivity contribution in [2.24, 2.45) is 0 Å². The van der Waals surface area contributed by atoms with Crippen LogP contribution in [-0.4, -0.2) is 58.2 Å². The molecule has 1 fully saturated rings. The summed E-state index contributed by atoms with van der Waals surface area (Å²) in [5.41, 5.74) is 1.74. The van der Waals surface area contributed by atoms with Gasteiger partial charge in [-0.3, -0.25) is 4.79 Å². The molecular formula is C22H19FN6O3. The van der Waals surface area contributed by atoms with Gasteiger partial charge >= 0.3 is 0 Å². The fourth-order valence-electron chi connectivity index (χ4n) is 4.01. The third kappa shape index (κ3) is 3.47. The zero-order valence-corrected chi connectivity index (χ0v) is 17.0. The Morgan fingerprint density at radius 2 is 2.19 bits per heavy atom. The number of nitrogens with one attached hydrogen (secondary N) is 1. The SMILES string of the molecule is N#Cc1cccc(F)c1-c1cc(-n2ccc(N3CCOC[C@@H](O)C3)n2)c2c(n1)CNC2=O. The van der Waals surface area contributed by atoms with Crippen molar-refractivity contribution < 1.29 is 19.0 Å². The second-order valence-electron chi connectivity index (χ2n) is 7.60. The zero-order chi connectivity index (χ0) is 22.2. The van der Waals surface area contributed by atoms with E-state index in [0.29, 0.717) is 42.5 Å². The highest BCUT2D eigenvalue weighted by Crippen LogP contribution is 2.31. The molecule has 32 heavy (non-hydrogen) atoms. The molecule has 2 N–H and O–H groups in total. The molecule has 0 radical (unpaired) electrons. The van der Waals surface area contributed by atoms with Gasteiger partial charge in [0, 0.05) is 25.4 Å². The summed E-state index contributed by atoms with van der Waals surface area (Å²) in [5, 5.41) is 26.8. The molecule has 0 spiro atoms. The van der Waals surface area contributed by atoms with Gasteiger partial charge in [0.15, 0.2) is 5.82 Å². The van der Waals surface area contributed by atoms with Gasteiger partial charge in [-0.1, -0.05) is 6.07 Å². The van der Waals surface area contributed by atoms with Crippen LogP contribution in [0.5, 0.6) is 0 Å². The van der Waals surface area contributed by atoms with E-state index >= 15 is 0 Å². The second kappa shape index (κ2) is 8.03. The van der Waals surface area contributed by atoms with Crippen LogP contribution in [0.2, 0.25) is 0 Å². The number of carbonyl (C=O) groups excluding carboxylic acids is 1. The van der Waals surface area contributed by atoms with Crippen molar-refractivity contribution >= 4 is 11.7 Å². The normalized spacial score (nSPS) is 18.1. The number of fused-ring (bicyclic) bond motifs is 1. The predicted octanol–water partition coefficient (Wildman–Crippen LogP) is 1.39. The molecule has 9 nitrogen and oxygen atoms in total. The number of benzene rings is 1. The summed E-state index contributed by atoms with van der Waals surface area (Å²) in [6.07, 6.45) is 1.07. The van der Waals surface area contributed by atoms with E-state index in [-0.39, 0.29) is 35.9 Å². The van der Waals surface area contributed by atoms with Gasteiger partial charge in [-0.2, -0.15) is 10.4 Å². The molecule has 2 aromatic heterocycles. The Hall–Kier alpha value is -3.81. The van der Waals surface area contributed by atoms with Gasteiger partial charge in [0.1, 0.15) is 5.82 Å². The number of aliphatic hydroxyl groups is 1. The van der Waals surface area contributed by atoms with Gasteiger partial charge in [0.05, 0.1) is 65.7 Å². The molecule has 0 aliphatic carbocycles. The molecule has 162 valence electrons.